The van der Waals surface area contributed by atoms with Crippen LogP contribution in [0.1, 0.15) is 44.5 Å². The molecule has 0 fully saturated rings. The summed E-state index contributed by atoms with van der Waals surface area (Å²) >= 11 is 0. The Balaban J connectivity index is 0.909. The fourth-order valence-corrected chi connectivity index (χ4v) is 17.2. The molecule has 8 heteroatoms. The van der Waals surface area contributed by atoms with Gasteiger partial charge in [-0.15, -0.1) is 0 Å². The van der Waals surface area contributed by atoms with Gasteiger partial charge in [0.25, 0.3) is 0 Å². The molecule has 0 radical (unpaired) electrons. The van der Waals surface area contributed by atoms with Gasteiger partial charge in [-0.1, -0.05) is 170 Å². The highest BCUT2D eigenvalue weighted by Gasteiger charge is 2.54. The smallest absolute Gasteiger partial charge is 0.209 e. The lowest BCUT2D eigenvalue weighted by Crippen LogP contribution is -2.36. The summed E-state index contributed by atoms with van der Waals surface area (Å²) in [4.78, 5) is 3.20. The lowest BCUT2D eigenvalue weighted by molar-refractivity contribution is 0.570. The van der Waals surface area contributed by atoms with E-state index in [2.05, 4.69) is 180 Å². The number of nitrogens with zero attached hydrogens (tertiary/aromatic N) is 2. The van der Waals surface area contributed by atoms with Crippen LogP contribution in [0.15, 0.2) is 250 Å². The van der Waals surface area contributed by atoms with E-state index in [9.17, 15) is 8.42 Å². The summed E-state index contributed by atoms with van der Waals surface area (Å²) < 4.78 is 60.7. The normalized spacial score (nSPS) is 16.6. The highest BCUT2D eigenvalue weighted by molar-refractivity contribution is 7.97. The SMILES string of the molecule is O=S1(=O)c2ccc(N3c4ccccc4C4(c5ccccc5-c5ccccc54)c4ccccc43)cc2S(=O)(=O)c2cc(N3c4ccccc4C4(c5ccccc5-c5ccccc54)c4ccccc43)ccc21. The maximum atomic E-state index is 15.5. The molecule has 5 aliphatic rings. The summed E-state index contributed by atoms with van der Waals surface area (Å²) in [7, 11) is -8.74. The largest absolute Gasteiger partial charge is 0.310 e. The molecule has 3 aliphatic heterocycles. The molecule has 0 saturated heterocycles. The molecule has 0 bridgehead atoms. The van der Waals surface area contributed by atoms with Crippen LogP contribution >= 0.6 is 0 Å². The van der Waals surface area contributed by atoms with Crippen molar-refractivity contribution in [1.82, 2.24) is 0 Å². The first-order chi connectivity index (χ1) is 34.3. The summed E-state index contributed by atoms with van der Waals surface area (Å²) in [5, 5.41) is 0. The molecule has 0 unspecified atom stereocenters. The van der Waals surface area contributed by atoms with Gasteiger partial charge in [-0.25, -0.2) is 16.8 Å². The van der Waals surface area contributed by atoms with Crippen molar-refractivity contribution >= 4 is 53.8 Å². The maximum Gasteiger partial charge on any atom is 0.209 e. The summed E-state index contributed by atoms with van der Waals surface area (Å²) in [6.45, 7) is 0. The van der Waals surface area contributed by atoms with E-state index in [0.29, 0.717) is 11.4 Å². The molecule has 70 heavy (non-hydrogen) atoms. The van der Waals surface area contributed by atoms with Crippen molar-refractivity contribution < 1.29 is 16.8 Å². The average Bonchev–Trinajstić information content (AvgIpc) is 3.87. The first-order valence-corrected chi connectivity index (χ1v) is 26.4. The molecule has 6 nitrogen and oxygen atoms in total. The Bertz CT molecular complexity index is 3770. The quantitative estimate of drug-likeness (QED) is 0.172. The number of hydrogen-bond acceptors (Lipinski definition) is 6. The Morgan fingerprint density at radius 3 is 0.800 bits per heavy atom. The predicted molar refractivity (Wildman–Crippen MR) is 275 cm³/mol. The van der Waals surface area contributed by atoms with Gasteiger partial charge < -0.3 is 9.80 Å². The summed E-state index contributed by atoms with van der Waals surface area (Å²) in [5.74, 6) is 0. The van der Waals surface area contributed by atoms with Gasteiger partial charge >= 0.3 is 0 Å². The third-order valence-corrected chi connectivity index (χ3v) is 19.6. The Morgan fingerprint density at radius 2 is 0.500 bits per heavy atom. The Kier molecular flexibility index (Phi) is 7.76. The lowest BCUT2D eigenvalue weighted by atomic mass is 9.64. The van der Waals surface area contributed by atoms with E-state index >= 15 is 8.42 Å². The van der Waals surface area contributed by atoms with Crippen LogP contribution in [0.25, 0.3) is 22.3 Å². The molecule has 0 atom stereocenters. The van der Waals surface area contributed by atoms with E-state index in [-0.39, 0.29) is 19.6 Å². The van der Waals surface area contributed by atoms with Crippen molar-refractivity contribution in [3.63, 3.8) is 0 Å². The fraction of sp³-hybridized carbons (Fsp3) is 0.0323. The van der Waals surface area contributed by atoms with Crippen molar-refractivity contribution in [2.45, 2.75) is 30.4 Å². The second-order valence-electron chi connectivity index (χ2n) is 18.7. The molecular formula is C62H38N2O4S2. The molecule has 2 aliphatic carbocycles. The zero-order valence-electron chi connectivity index (χ0n) is 37.3. The Hall–Kier alpha value is -8.30. The standard InChI is InChI=1S/C62H38N2O4S2/c65-69(66)57-35-33-39(63-53-29-13-9-25-49(53)61(50-26-10-14-30-54(50)63)45-21-5-1-17-41(45)42-18-2-6-22-46(42)61)37-59(57)70(67,68)60-38-40(34-36-58(60)69)64-55-31-15-11-27-51(55)62(52-28-12-16-32-56(52)64)47-23-7-3-19-43(47)44-20-4-8-24-48(44)62/h1-38H. The van der Waals surface area contributed by atoms with Crippen molar-refractivity contribution in [3.8, 4) is 22.3 Å². The van der Waals surface area contributed by atoms with Gasteiger partial charge in [0.1, 0.15) is 0 Å². The van der Waals surface area contributed by atoms with Crippen LogP contribution in [0, 0.1) is 0 Å². The van der Waals surface area contributed by atoms with Gasteiger partial charge in [-0.05, 0) is 127 Å². The van der Waals surface area contributed by atoms with Gasteiger partial charge in [0, 0.05) is 11.4 Å². The minimum Gasteiger partial charge on any atom is -0.310 e. The van der Waals surface area contributed by atoms with Gasteiger partial charge in [0.05, 0.1) is 53.2 Å². The summed E-state index contributed by atoms with van der Waals surface area (Å²) in [6, 6.07) is 77.0. The zero-order valence-corrected chi connectivity index (χ0v) is 38.9. The van der Waals surface area contributed by atoms with Crippen molar-refractivity contribution in [3.05, 3.63) is 275 Å². The van der Waals surface area contributed by atoms with E-state index in [0.717, 1.165) is 45.0 Å². The van der Waals surface area contributed by atoms with Crippen molar-refractivity contribution in [2.24, 2.45) is 0 Å². The van der Waals surface area contributed by atoms with E-state index in [1.807, 2.05) is 24.3 Å². The number of sulfone groups is 2. The first kappa shape index (κ1) is 39.7. The number of benzene rings is 10. The van der Waals surface area contributed by atoms with Crippen LogP contribution in [0.4, 0.5) is 34.1 Å². The second kappa shape index (κ2) is 13.7. The second-order valence-corrected chi connectivity index (χ2v) is 22.5. The van der Waals surface area contributed by atoms with Gasteiger partial charge in [-0.3, -0.25) is 0 Å². The first-order valence-electron chi connectivity index (χ1n) is 23.4. The molecular weight excluding hydrogens is 901 g/mol. The van der Waals surface area contributed by atoms with E-state index in [4.69, 9.17) is 0 Å². The van der Waals surface area contributed by atoms with Gasteiger partial charge in [-0.2, -0.15) is 0 Å². The van der Waals surface area contributed by atoms with E-state index in [1.54, 1.807) is 24.3 Å². The van der Waals surface area contributed by atoms with Crippen LogP contribution in [-0.4, -0.2) is 16.8 Å². The van der Waals surface area contributed by atoms with Crippen LogP contribution in [-0.2, 0) is 30.5 Å². The van der Waals surface area contributed by atoms with Crippen molar-refractivity contribution in [2.75, 3.05) is 9.80 Å². The summed E-state index contributed by atoms with van der Waals surface area (Å²) in [5.41, 5.74) is 16.8. The molecule has 10 aromatic carbocycles. The molecule has 2 spiro atoms. The molecule has 15 rings (SSSR count). The molecule has 0 saturated carbocycles. The average molecular weight is 939 g/mol. The monoisotopic (exact) mass is 938 g/mol. The molecule has 332 valence electrons. The molecule has 10 aromatic rings. The maximum absolute atomic E-state index is 15.5. The van der Waals surface area contributed by atoms with Crippen LogP contribution in [0.5, 0.6) is 0 Å². The van der Waals surface area contributed by atoms with Crippen LogP contribution < -0.4 is 9.80 Å². The van der Waals surface area contributed by atoms with Crippen molar-refractivity contribution in [1.29, 1.82) is 0 Å². The molecule has 3 heterocycles. The highest BCUT2D eigenvalue weighted by Crippen LogP contribution is 2.65. The molecule has 0 amide bonds. The third-order valence-electron chi connectivity index (χ3n) is 15.6. The Labute approximate surface area is 405 Å². The predicted octanol–water partition coefficient (Wildman–Crippen LogP) is 14.0. The van der Waals surface area contributed by atoms with Crippen LogP contribution in [0.2, 0.25) is 0 Å². The topological polar surface area (TPSA) is 74.8 Å². The van der Waals surface area contributed by atoms with E-state index < -0.39 is 30.5 Å². The summed E-state index contributed by atoms with van der Waals surface area (Å²) in [6.07, 6.45) is 0. The van der Waals surface area contributed by atoms with E-state index in [1.165, 1.54) is 56.6 Å². The van der Waals surface area contributed by atoms with Gasteiger partial charge in [0.15, 0.2) is 0 Å². The van der Waals surface area contributed by atoms with Gasteiger partial charge in [0.2, 0.25) is 19.7 Å². The molecule has 0 N–H and O–H groups in total. The number of anilines is 6. The zero-order chi connectivity index (χ0) is 46.7. The third kappa shape index (κ3) is 4.68. The number of fused-ring (bicyclic) bond motifs is 20. The number of rotatable bonds is 2. The van der Waals surface area contributed by atoms with Crippen LogP contribution in [0.3, 0.4) is 0 Å². The number of hydrogen-bond donors (Lipinski definition) is 0. The number of para-hydroxylation sites is 4. The fourth-order valence-electron chi connectivity index (χ4n) is 13.1. The molecule has 0 aromatic heterocycles. The minimum absolute atomic E-state index is 0.237. The Morgan fingerprint density at radius 1 is 0.257 bits per heavy atom. The lowest BCUT2D eigenvalue weighted by Gasteiger charge is -2.45. The highest BCUT2D eigenvalue weighted by atomic mass is 32.2. The minimum atomic E-state index is -4.44.